The van der Waals surface area contributed by atoms with Gasteiger partial charge in [0.1, 0.15) is 11.6 Å². The van der Waals surface area contributed by atoms with Gasteiger partial charge in [0.2, 0.25) is 5.91 Å². The van der Waals surface area contributed by atoms with Crippen molar-refractivity contribution in [2.45, 2.75) is 32.4 Å². The third kappa shape index (κ3) is 4.93. The van der Waals surface area contributed by atoms with E-state index in [1.54, 1.807) is 16.7 Å². The zero-order chi connectivity index (χ0) is 23.5. The first-order valence-electron chi connectivity index (χ1n) is 10.7. The maximum Gasteiger partial charge on any atom is 0.265 e. The van der Waals surface area contributed by atoms with Crippen molar-refractivity contribution in [3.63, 3.8) is 0 Å². The molecule has 0 radical (unpaired) electrons. The molecule has 2 unspecified atom stereocenters. The van der Waals surface area contributed by atoms with Gasteiger partial charge < -0.3 is 14.5 Å². The number of carbonyl (C=O) groups excluding carboxylic acids is 2. The molecule has 3 aromatic rings. The molecule has 4 rings (SSSR count). The van der Waals surface area contributed by atoms with Gasteiger partial charge in [0, 0.05) is 28.8 Å². The molecule has 2 atom stereocenters. The summed E-state index contributed by atoms with van der Waals surface area (Å²) in [6.07, 6.45) is 0.570. The molecule has 0 saturated carbocycles. The molecule has 1 aliphatic heterocycles. The molecule has 0 saturated heterocycles. The van der Waals surface area contributed by atoms with E-state index in [2.05, 4.69) is 15.9 Å². The molecular formula is C26H24BrFN2O3. The van der Waals surface area contributed by atoms with Gasteiger partial charge in [0.25, 0.3) is 5.91 Å². The molecule has 0 aliphatic carbocycles. The third-order valence-electron chi connectivity index (χ3n) is 5.74. The van der Waals surface area contributed by atoms with Crippen LogP contribution in [-0.2, 0) is 9.59 Å². The number of fused-ring (bicyclic) bond motifs is 1. The summed E-state index contributed by atoms with van der Waals surface area (Å²) < 4.78 is 19.6. The van der Waals surface area contributed by atoms with Crippen LogP contribution >= 0.6 is 15.9 Å². The summed E-state index contributed by atoms with van der Waals surface area (Å²) in [6.45, 7) is 3.35. The summed E-state index contributed by atoms with van der Waals surface area (Å²) >= 11 is 3.54. The van der Waals surface area contributed by atoms with Crippen LogP contribution in [0, 0.1) is 5.82 Å². The monoisotopic (exact) mass is 510 g/mol. The first kappa shape index (κ1) is 23.0. The number of amides is 2. The van der Waals surface area contributed by atoms with E-state index >= 15 is 0 Å². The van der Waals surface area contributed by atoms with Gasteiger partial charge in [-0.05, 0) is 73.5 Å². The van der Waals surface area contributed by atoms with Crippen LogP contribution < -0.4 is 14.5 Å². The van der Waals surface area contributed by atoms with Crippen LogP contribution in [-0.4, -0.2) is 24.5 Å². The molecule has 0 fully saturated rings. The Bertz CT molecular complexity index is 1150. The molecule has 5 nitrogen and oxygen atoms in total. The van der Waals surface area contributed by atoms with Crippen molar-refractivity contribution in [2.75, 3.05) is 16.4 Å². The maximum atomic E-state index is 13.2. The first-order chi connectivity index (χ1) is 15.8. The Morgan fingerprint density at radius 2 is 1.79 bits per heavy atom. The van der Waals surface area contributed by atoms with Gasteiger partial charge in [-0.25, -0.2) is 4.39 Å². The number of nitrogens with zero attached hydrogens (tertiary/aromatic N) is 2. The van der Waals surface area contributed by atoms with E-state index in [4.69, 9.17) is 4.74 Å². The summed E-state index contributed by atoms with van der Waals surface area (Å²) in [7, 11) is 0. The van der Waals surface area contributed by atoms with E-state index in [-0.39, 0.29) is 36.3 Å². The Balaban J connectivity index is 1.66. The normalized spacial score (nSPS) is 17.3. The number of ether oxygens (including phenoxy) is 1. The molecule has 0 bridgehead atoms. The van der Waals surface area contributed by atoms with Crippen LogP contribution in [0.15, 0.2) is 77.3 Å². The summed E-state index contributed by atoms with van der Waals surface area (Å²) in [5.41, 5.74) is 2.45. The fourth-order valence-corrected chi connectivity index (χ4v) is 4.72. The van der Waals surface area contributed by atoms with Gasteiger partial charge in [-0.3, -0.25) is 9.59 Å². The van der Waals surface area contributed by atoms with Crippen LogP contribution in [0.2, 0.25) is 0 Å². The van der Waals surface area contributed by atoms with Gasteiger partial charge in [-0.15, -0.1) is 0 Å². The average Bonchev–Trinajstić information content (AvgIpc) is 2.79. The van der Waals surface area contributed by atoms with Gasteiger partial charge in [0.15, 0.2) is 6.61 Å². The molecule has 7 heteroatoms. The first-order valence-corrected chi connectivity index (χ1v) is 11.5. The Morgan fingerprint density at radius 1 is 1.09 bits per heavy atom. The summed E-state index contributed by atoms with van der Waals surface area (Å²) in [5, 5.41) is 0. The smallest absolute Gasteiger partial charge is 0.265 e. The largest absolute Gasteiger partial charge is 0.484 e. The molecule has 0 spiro atoms. The van der Waals surface area contributed by atoms with E-state index in [0.29, 0.717) is 12.2 Å². The number of benzene rings is 3. The second-order valence-corrected chi connectivity index (χ2v) is 8.95. The van der Waals surface area contributed by atoms with Crippen molar-refractivity contribution in [3.05, 3.63) is 88.6 Å². The standard InChI is InChI=1S/C26H24BrFN2O3/c1-17-14-25(30(18(2)31)21-6-4-3-5-7-21)23-15-19(27)8-13-24(23)29(17)26(32)16-33-22-11-9-20(28)10-12-22/h3-13,15,17,25H,14,16H2,1-2H3. The van der Waals surface area contributed by atoms with E-state index in [1.165, 1.54) is 24.3 Å². The van der Waals surface area contributed by atoms with Crippen molar-refractivity contribution in [3.8, 4) is 5.75 Å². The second kappa shape index (κ2) is 9.75. The van der Waals surface area contributed by atoms with Crippen molar-refractivity contribution in [1.29, 1.82) is 0 Å². The third-order valence-corrected chi connectivity index (χ3v) is 6.24. The van der Waals surface area contributed by atoms with Crippen molar-refractivity contribution in [1.82, 2.24) is 0 Å². The fraction of sp³-hybridized carbons (Fsp3) is 0.231. The van der Waals surface area contributed by atoms with Crippen LogP contribution in [0.3, 0.4) is 0 Å². The van der Waals surface area contributed by atoms with E-state index < -0.39 is 0 Å². The predicted octanol–water partition coefficient (Wildman–Crippen LogP) is 5.89. The predicted molar refractivity (Wildman–Crippen MR) is 130 cm³/mol. The number of hydrogen-bond acceptors (Lipinski definition) is 3. The minimum Gasteiger partial charge on any atom is -0.484 e. The minimum absolute atomic E-state index is 0.0660. The second-order valence-electron chi connectivity index (χ2n) is 8.03. The van der Waals surface area contributed by atoms with Gasteiger partial charge >= 0.3 is 0 Å². The van der Waals surface area contributed by atoms with Crippen LogP contribution in [0.5, 0.6) is 5.75 Å². The lowest BCUT2D eigenvalue weighted by Gasteiger charge is -2.43. The van der Waals surface area contributed by atoms with Crippen molar-refractivity contribution < 1.29 is 18.7 Å². The minimum atomic E-state index is -0.364. The summed E-state index contributed by atoms with van der Waals surface area (Å²) in [6, 6.07) is 20.5. The number of rotatable bonds is 5. The molecular weight excluding hydrogens is 487 g/mol. The molecule has 1 aliphatic rings. The maximum absolute atomic E-state index is 13.2. The lowest BCUT2D eigenvalue weighted by Crippen LogP contribution is -2.48. The van der Waals surface area contributed by atoms with Crippen molar-refractivity contribution in [2.24, 2.45) is 0 Å². The zero-order valence-electron chi connectivity index (χ0n) is 18.4. The van der Waals surface area contributed by atoms with Crippen LogP contribution in [0.4, 0.5) is 15.8 Å². The molecule has 3 aromatic carbocycles. The van der Waals surface area contributed by atoms with E-state index in [9.17, 15) is 14.0 Å². The van der Waals surface area contributed by atoms with Crippen LogP contribution in [0.25, 0.3) is 0 Å². The Labute approximate surface area is 200 Å². The highest BCUT2D eigenvalue weighted by molar-refractivity contribution is 9.10. The highest BCUT2D eigenvalue weighted by atomic mass is 79.9. The Morgan fingerprint density at radius 3 is 2.45 bits per heavy atom. The fourth-order valence-electron chi connectivity index (χ4n) is 4.34. The quantitative estimate of drug-likeness (QED) is 0.430. The zero-order valence-corrected chi connectivity index (χ0v) is 20.0. The molecule has 170 valence electrons. The van der Waals surface area contributed by atoms with E-state index in [1.807, 2.05) is 55.5 Å². The van der Waals surface area contributed by atoms with Gasteiger partial charge in [-0.1, -0.05) is 34.1 Å². The Kier molecular flexibility index (Phi) is 6.79. The molecule has 0 N–H and O–H groups in total. The lowest BCUT2D eigenvalue weighted by atomic mass is 9.90. The SMILES string of the molecule is CC(=O)N(c1ccccc1)C1CC(C)N(C(=O)COc2ccc(F)cc2)c2ccc(Br)cc21. The molecule has 0 aromatic heterocycles. The highest BCUT2D eigenvalue weighted by Crippen LogP contribution is 2.43. The number of para-hydroxylation sites is 1. The van der Waals surface area contributed by atoms with Gasteiger partial charge in [-0.2, -0.15) is 0 Å². The summed E-state index contributed by atoms with van der Waals surface area (Å²) in [5.74, 6) is -0.209. The van der Waals surface area contributed by atoms with Gasteiger partial charge in [0.05, 0.1) is 6.04 Å². The number of carbonyl (C=O) groups is 2. The lowest BCUT2D eigenvalue weighted by molar-refractivity contribution is -0.121. The van der Waals surface area contributed by atoms with Crippen molar-refractivity contribution >= 4 is 39.1 Å². The number of halogens is 2. The Hall–Kier alpha value is -3.19. The number of hydrogen-bond donors (Lipinski definition) is 0. The molecule has 1 heterocycles. The van der Waals surface area contributed by atoms with E-state index in [0.717, 1.165) is 21.4 Å². The molecule has 2 amide bonds. The number of anilines is 2. The summed E-state index contributed by atoms with van der Waals surface area (Å²) in [4.78, 5) is 29.5. The average molecular weight is 511 g/mol. The van der Waals surface area contributed by atoms with Crippen LogP contribution in [0.1, 0.15) is 31.9 Å². The highest BCUT2D eigenvalue weighted by Gasteiger charge is 2.38. The topological polar surface area (TPSA) is 49.9 Å². The molecule has 33 heavy (non-hydrogen) atoms.